The van der Waals surface area contributed by atoms with Gasteiger partial charge in [-0.1, -0.05) is 35.0 Å². The van der Waals surface area contributed by atoms with Gasteiger partial charge in [-0.2, -0.15) is 16.7 Å². The van der Waals surface area contributed by atoms with Gasteiger partial charge in [0.05, 0.1) is 21.3 Å². The van der Waals surface area contributed by atoms with E-state index in [9.17, 15) is 4.79 Å². The Morgan fingerprint density at radius 3 is 2.96 bits per heavy atom. The van der Waals surface area contributed by atoms with Crippen LogP contribution in [0, 0.1) is 0 Å². The molecule has 0 radical (unpaired) electrons. The summed E-state index contributed by atoms with van der Waals surface area (Å²) in [7, 11) is 0. The second kappa shape index (κ2) is 8.32. The molecule has 24 heavy (non-hydrogen) atoms. The molecule has 0 atom stereocenters. The molecule has 0 saturated carbocycles. The normalized spacial score (nSPS) is 10.7. The van der Waals surface area contributed by atoms with Gasteiger partial charge in [0.25, 0.3) is 0 Å². The fourth-order valence-corrected chi connectivity index (χ4v) is 3.52. The van der Waals surface area contributed by atoms with Crippen LogP contribution in [0.3, 0.4) is 0 Å². The molecule has 0 aliphatic carbocycles. The Morgan fingerprint density at radius 2 is 2.17 bits per heavy atom. The van der Waals surface area contributed by atoms with Crippen LogP contribution in [0.15, 0.2) is 46.3 Å². The molecule has 0 bridgehead atoms. The Hall–Kier alpha value is -1.83. The van der Waals surface area contributed by atoms with E-state index in [0.29, 0.717) is 40.4 Å². The fourth-order valence-electron chi connectivity index (χ4n) is 1.92. The van der Waals surface area contributed by atoms with Crippen LogP contribution in [0.25, 0.3) is 10.7 Å². The lowest BCUT2D eigenvalue weighted by atomic mass is 10.3. The molecule has 1 aromatic carbocycles. The van der Waals surface area contributed by atoms with Gasteiger partial charge in [0, 0.05) is 12.2 Å². The number of amides is 1. The molecule has 0 aliphatic rings. The Bertz CT molecular complexity index is 805. The van der Waals surface area contributed by atoms with Crippen molar-refractivity contribution in [1.29, 1.82) is 0 Å². The maximum atomic E-state index is 11.9. The van der Waals surface area contributed by atoms with Gasteiger partial charge in [0.1, 0.15) is 0 Å². The highest BCUT2D eigenvalue weighted by Gasteiger charge is 2.10. The highest BCUT2D eigenvalue weighted by molar-refractivity contribution is 7.98. The topological polar surface area (TPSA) is 68.0 Å². The van der Waals surface area contributed by atoms with Crippen molar-refractivity contribution in [2.45, 2.75) is 12.2 Å². The Morgan fingerprint density at radius 1 is 1.29 bits per heavy atom. The number of carbonyl (C=O) groups excluding carboxylic acids is 1. The van der Waals surface area contributed by atoms with Gasteiger partial charge in [-0.25, -0.2) is 0 Å². The number of halogens is 1. The minimum Gasteiger partial charge on any atom is -0.338 e. The summed E-state index contributed by atoms with van der Waals surface area (Å²) in [5, 5.41) is 9.26. The summed E-state index contributed by atoms with van der Waals surface area (Å²) in [5.41, 5.74) is 0.631. The van der Waals surface area contributed by atoms with E-state index in [1.807, 2.05) is 29.6 Å². The highest BCUT2D eigenvalue weighted by Crippen LogP contribution is 2.23. The van der Waals surface area contributed by atoms with Crippen molar-refractivity contribution in [3.63, 3.8) is 0 Å². The first-order valence-corrected chi connectivity index (χ1v) is 9.62. The van der Waals surface area contributed by atoms with E-state index in [-0.39, 0.29) is 5.91 Å². The largest absolute Gasteiger partial charge is 0.338 e. The molecule has 1 N–H and O–H groups in total. The molecule has 2 heterocycles. The number of thioether (sulfide) groups is 1. The van der Waals surface area contributed by atoms with Crippen molar-refractivity contribution < 1.29 is 9.32 Å². The van der Waals surface area contributed by atoms with Crippen molar-refractivity contribution in [1.82, 2.24) is 10.1 Å². The lowest BCUT2D eigenvalue weighted by Gasteiger charge is -2.06. The van der Waals surface area contributed by atoms with Crippen molar-refractivity contribution in [2.24, 2.45) is 0 Å². The van der Waals surface area contributed by atoms with Crippen molar-refractivity contribution >= 4 is 46.3 Å². The summed E-state index contributed by atoms with van der Waals surface area (Å²) in [6, 6.07) is 11.1. The first-order chi connectivity index (χ1) is 11.7. The third-order valence-corrected chi connectivity index (χ3v) is 5.20. The first kappa shape index (κ1) is 17.0. The van der Waals surface area contributed by atoms with Gasteiger partial charge in [0.2, 0.25) is 17.6 Å². The lowest BCUT2D eigenvalue weighted by molar-refractivity contribution is -0.115. The Balaban J connectivity index is 1.41. The van der Waals surface area contributed by atoms with E-state index in [1.54, 1.807) is 35.2 Å². The average Bonchev–Trinajstić information content (AvgIpc) is 3.25. The van der Waals surface area contributed by atoms with E-state index >= 15 is 0 Å². The zero-order valence-electron chi connectivity index (χ0n) is 12.6. The molecule has 0 fully saturated rings. The zero-order chi connectivity index (χ0) is 16.8. The van der Waals surface area contributed by atoms with E-state index in [4.69, 9.17) is 16.1 Å². The predicted octanol–water partition coefficient (Wildman–Crippen LogP) is 4.71. The highest BCUT2D eigenvalue weighted by atomic mass is 35.5. The molecule has 0 unspecified atom stereocenters. The molecule has 2 aromatic heterocycles. The van der Waals surface area contributed by atoms with Crippen LogP contribution < -0.4 is 5.32 Å². The first-order valence-electron chi connectivity index (χ1n) is 7.21. The predicted molar refractivity (Wildman–Crippen MR) is 98.5 cm³/mol. The number of aromatic nitrogens is 2. The van der Waals surface area contributed by atoms with Gasteiger partial charge in [-0.05, 0) is 23.6 Å². The van der Waals surface area contributed by atoms with Crippen molar-refractivity contribution in [2.75, 3.05) is 11.1 Å². The van der Waals surface area contributed by atoms with Gasteiger partial charge < -0.3 is 9.84 Å². The molecule has 3 aromatic rings. The smallest absolute Gasteiger partial charge is 0.236 e. The van der Waals surface area contributed by atoms with Crippen LogP contribution in [-0.2, 0) is 10.5 Å². The summed E-state index contributed by atoms with van der Waals surface area (Å²) in [6.07, 6.45) is 0.391. The Kier molecular flexibility index (Phi) is 5.90. The number of hydrogen-bond donors (Lipinski definition) is 1. The maximum Gasteiger partial charge on any atom is 0.236 e. The summed E-state index contributed by atoms with van der Waals surface area (Å²) in [4.78, 5) is 17.2. The molecule has 124 valence electrons. The number of para-hydroxylation sites is 1. The van der Waals surface area contributed by atoms with Crippen LogP contribution in [0.5, 0.6) is 0 Å². The van der Waals surface area contributed by atoms with Gasteiger partial charge in [0.15, 0.2) is 0 Å². The number of nitrogens with one attached hydrogen (secondary N) is 1. The number of hydrogen-bond acceptors (Lipinski definition) is 6. The second-order valence-corrected chi connectivity index (χ2v) is 7.28. The quantitative estimate of drug-likeness (QED) is 0.602. The Labute approximate surface area is 152 Å². The number of benzene rings is 1. The van der Waals surface area contributed by atoms with Gasteiger partial charge in [-0.3, -0.25) is 4.79 Å². The molecule has 0 spiro atoms. The number of anilines is 1. The van der Waals surface area contributed by atoms with Crippen LogP contribution in [0.4, 0.5) is 5.69 Å². The molecule has 1 amide bonds. The van der Waals surface area contributed by atoms with Gasteiger partial charge in [-0.15, -0.1) is 11.3 Å². The molecular formula is C16H14ClN3O2S2. The molecule has 0 aliphatic heterocycles. The average molecular weight is 380 g/mol. The molecular weight excluding hydrogens is 366 g/mol. The summed E-state index contributed by atoms with van der Waals surface area (Å²) < 4.78 is 5.21. The third-order valence-electron chi connectivity index (χ3n) is 3.06. The molecule has 8 heteroatoms. The second-order valence-electron chi connectivity index (χ2n) is 4.82. The minimum atomic E-state index is -0.0691. The monoisotopic (exact) mass is 379 g/mol. The van der Waals surface area contributed by atoms with E-state index in [2.05, 4.69) is 15.5 Å². The van der Waals surface area contributed by atoms with Crippen LogP contribution in [-0.4, -0.2) is 21.8 Å². The maximum absolute atomic E-state index is 11.9. The SMILES string of the molecule is O=C(CCSCc1nc(-c2cccs2)no1)Nc1ccccc1Cl. The standard InChI is InChI=1S/C16H14ClN3O2S2/c17-11-4-1-2-5-12(11)18-14(21)7-9-23-10-15-19-16(20-22-15)13-6-3-8-24-13/h1-6,8H,7,9-10H2,(H,18,21). The fraction of sp³-hybridized carbons (Fsp3) is 0.188. The molecule has 3 rings (SSSR count). The van der Waals surface area contributed by atoms with Gasteiger partial charge >= 0.3 is 0 Å². The van der Waals surface area contributed by atoms with Crippen LogP contribution >= 0.6 is 34.7 Å². The summed E-state index contributed by atoms with van der Waals surface area (Å²) >= 11 is 9.15. The number of thiophene rings is 1. The minimum absolute atomic E-state index is 0.0691. The van der Waals surface area contributed by atoms with E-state index < -0.39 is 0 Å². The molecule has 5 nitrogen and oxygen atoms in total. The number of rotatable bonds is 7. The van der Waals surface area contributed by atoms with Crippen molar-refractivity contribution in [3.05, 3.63) is 52.7 Å². The van der Waals surface area contributed by atoms with Crippen molar-refractivity contribution in [3.8, 4) is 10.7 Å². The summed E-state index contributed by atoms with van der Waals surface area (Å²) in [5.74, 6) is 2.34. The van der Waals surface area contributed by atoms with Crippen LogP contribution in [0.1, 0.15) is 12.3 Å². The number of nitrogens with zero attached hydrogens (tertiary/aromatic N) is 2. The summed E-state index contributed by atoms with van der Waals surface area (Å²) in [6.45, 7) is 0. The molecule has 0 saturated heterocycles. The zero-order valence-corrected chi connectivity index (χ0v) is 15.0. The van der Waals surface area contributed by atoms with E-state index in [0.717, 1.165) is 4.88 Å². The third kappa shape index (κ3) is 4.59. The van der Waals surface area contributed by atoms with Crippen LogP contribution in [0.2, 0.25) is 5.02 Å². The van der Waals surface area contributed by atoms with E-state index in [1.165, 1.54) is 0 Å². The number of carbonyl (C=O) groups is 1. The lowest BCUT2D eigenvalue weighted by Crippen LogP contribution is -2.12.